The van der Waals surface area contributed by atoms with E-state index in [0.29, 0.717) is 24.2 Å². The highest BCUT2D eigenvalue weighted by atomic mass is 16.5. The lowest BCUT2D eigenvalue weighted by Crippen LogP contribution is -2.48. The predicted octanol–water partition coefficient (Wildman–Crippen LogP) is 2.70. The fourth-order valence-corrected chi connectivity index (χ4v) is 4.43. The molecule has 2 aliphatic heterocycles. The van der Waals surface area contributed by atoms with Gasteiger partial charge in [0.05, 0.1) is 18.5 Å². The summed E-state index contributed by atoms with van der Waals surface area (Å²) >= 11 is 0. The van der Waals surface area contributed by atoms with E-state index in [0.717, 1.165) is 16.2 Å². The quantitative estimate of drug-likeness (QED) is 0.639. The monoisotopic (exact) mass is 464 g/mol. The van der Waals surface area contributed by atoms with Gasteiger partial charge in [-0.05, 0) is 56.5 Å². The van der Waals surface area contributed by atoms with Gasteiger partial charge in [-0.1, -0.05) is 24.3 Å². The second-order valence-electron chi connectivity index (χ2n) is 8.88. The smallest absolute Gasteiger partial charge is 0.325 e. The van der Waals surface area contributed by atoms with Crippen LogP contribution in [0.3, 0.4) is 0 Å². The summed E-state index contributed by atoms with van der Waals surface area (Å²) in [5, 5.41) is 5.56. The average Bonchev–Trinajstić information content (AvgIpc) is 2.93. The number of ether oxygens (including phenoxy) is 1. The fourth-order valence-electron chi connectivity index (χ4n) is 4.43. The van der Waals surface area contributed by atoms with Crippen molar-refractivity contribution >= 4 is 35.1 Å². The Balaban J connectivity index is 1.48. The normalized spacial score (nSPS) is 22.1. The predicted molar refractivity (Wildman–Crippen MR) is 127 cm³/mol. The van der Waals surface area contributed by atoms with Crippen molar-refractivity contribution in [2.75, 3.05) is 23.9 Å². The van der Waals surface area contributed by atoms with Crippen LogP contribution in [-0.4, -0.2) is 53.9 Å². The second kappa shape index (κ2) is 9.17. The molecule has 1 fully saturated rings. The first kappa shape index (κ1) is 23.3. The number of benzene rings is 2. The number of para-hydroxylation sites is 2. The first-order valence-electron chi connectivity index (χ1n) is 11.2. The number of nitrogens with zero attached hydrogens (tertiary/aromatic N) is 2. The molecule has 0 aromatic heterocycles. The zero-order valence-corrected chi connectivity index (χ0v) is 19.5. The highest BCUT2D eigenvalue weighted by Gasteiger charge is 2.48. The molecule has 0 saturated carbocycles. The van der Waals surface area contributed by atoms with Crippen LogP contribution in [0.15, 0.2) is 48.5 Å². The molecule has 2 aromatic carbocycles. The Kier molecular flexibility index (Phi) is 6.28. The van der Waals surface area contributed by atoms with Crippen molar-refractivity contribution in [3.05, 3.63) is 54.1 Å². The summed E-state index contributed by atoms with van der Waals surface area (Å²) in [4.78, 5) is 53.9. The van der Waals surface area contributed by atoms with E-state index in [1.165, 1.54) is 4.90 Å². The number of amides is 5. The van der Waals surface area contributed by atoms with Gasteiger partial charge in [0, 0.05) is 12.5 Å². The van der Waals surface area contributed by atoms with Gasteiger partial charge in [0.15, 0.2) is 0 Å². The third-order valence-electron chi connectivity index (χ3n) is 6.34. The molecule has 0 spiro atoms. The van der Waals surface area contributed by atoms with Gasteiger partial charge in [-0.15, -0.1) is 0 Å². The van der Waals surface area contributed by atoms with E-state index in [2.05, 4.69) is 10.6 Å². The van der Waals surface area contributed by atoms with E-state index < -0.39 is 36.0 Å². The van der Waals surface area contributed by atoms with Gasteiger partial charge in [-0.3, -0.25) is 19.3 Å². The Bertz CT molecular complexity index is 1130. The molecular formula is C25H28N4O5. The zero-order valence-electron chi connectivity index (χ0n) is 19.5. The Morgan fingerprint density at radius 2 is 1.82 bits per heavy atom. The Labute approximate surface area is 198 Å². The summed E-state index contributed by atoms with van der Waals surface area (Å²) in [6.07, 6.45) is 1.06. The average molecular weight is 465 g/mol. The van der Waals surface area contributed by atoms with Crippen molar-refractivity contribution < 1.29 is 23.9 Å². The van der Waals surface area contributed by atoms with Gasteiger partial charge in [0.1, 0.15) is 17.8 Å². The molecule has 2 aliphatic rings. The van der Waals surface area contributed by atoms with Crippen LogP contribution in [0.1, 0.15) is 32.3 Å². The molecule has 0 bridgehead atoms. The summed E-state index contributed by atoms with van der Waals surface area (Å²) in [5.41, 5.74) is 0.953. The number of anilines is 2. The Morgan fingerprint density at radius 1 is 1.12 bits per heavy atom. The first-order valence-corrected chi connectivity index (χ1v) is 11.2. The zero-order chi connectivity index (χ0) is 24.5. The maximum atomic E-state index is 13.3. The summed E-state index contributed by atoms with van der Waals surface area (Å²) in [7, 11) is 1.60. The van der Waals surface area contributed by atoms with Crippen molar-refractivity contribution in [3.63, 3.8) is 0 Å². The summed E-state index contributed by atoms with van der Waals surface area (Å²) in [6.45, 7) is 3.04. The molecule has 0 unspecified atom stereocenters. The van der Waals surface area contributed by atoms with E-state index in [1.54, 1.807) is 45.2 Å². The van der Waals surface area contributed by atoms with Gasteiger partial charge in [0.25, 0.3) is 5.91 Å². The lowest BCUT2D eigenvalue weighted by Gasteiger charge is -2.29. The van der Waals surface area contributed by atoms with Crippen LogP contribution < -0.4 is 20.3 Å². The number of fused-ring (bicyclic) bond motifs is 1. The molecule has 4 rings (SSSR count). The third-order valence-corrected chi connectivity index (χ3v) is 6.34. The molecular weight excluding hydrogens is 436 g/mol. The number of imide groups is 1. The van der Waals surface area contributed by atoms with Crippen LogP contribution in [0, 0.1) is 0 Å². The largest absolute Gasteiger partial charge is 0.497 e. The van der Waals surface area contributed by atoms with Crippen LogP contribution in [0.4, 0.5) is 16.2 Å². The number of nitrogens with one attached hydrogen (secondary N) is 2. The molecule has 0 aliphatic carbocycles. The lowest BCUT2D eigenvalue weighted by atomic mass is 9.93. The highest BCUT2D eigenvalue weighted by molar-refractivity contribution is 6.11. The topological polar surface area (TPSA) is 108 Å². The van der Waals surface area contributed by atoms with E-state index in [4.69, 9.17) is 4.74 Å². The Hall–Kier alpha value is -3.88. The van der Waals surface area contributed by atoms with Crippen molar-refractivity contribution in [1.29, 1.82) is 0 Å². The summed E-state index contributed by atoms with van der Waals surface area (Å²) in [5.74, 6) is -0.328. The molecule has 2 N–H and O–H groups in total. The van der Waals surface area contributed by atoms with Crippen molar-refractivity contribution in [1.82, 2.24) is 10.2 Å². The molecule has 34 heavy (non-hydrogen) atoms. The van der Waals surface area contributed by atoms with E-state index >= 15 is 0 Å². The lowest BCUT2D eigenvalue weighted by molar-refractivity contribution is -0.134. The summed E-state index contributed by atoms with van der Waals surface area (Å²) < 4.78 is 5.17. The number of urea groups is 1. The molecule has 2 heterocycles. The Morgan fingerprint density at radius 3 is 2.53 bits per heavy atom. The molecule has 9 heteroatoms. The van der Waals surface area contributed by atoms with Gasteiger partial charge in [0.2, 0.25) is 11.8 Å². The molecule has 9 nitrogen and oxygen atoms in total. The SMILES string of the molecule is COc1ccc(CC[C@@]2(C)NC(=O)N(CC(=O)N3c4ccccc4NC(=O)C[C@H]3C)C2=O)cc1. The first-order chi connectivity index (χ1) is 16.2. The minimum Gasteiger partial charge on any atom is -0.497 e. The van der Waals surface area contributed by atoms with E-state index in [1.807, 2.05) is 24.3 Å². The van der Waals surface area contributed by atoms with Crippen LogP contribution in [0.25, 0.3) is 0 Å². The highest BCUT2D eigenvalue weighted by Crippen LogP contribution is 2.32. The van der Waals surface area contributed by atoms with Crippen molar-refractivity contribution in [2.24, 2.45) is 0 Å². The van der Waals surface area contributed by atoms with Crippen LogP contribution in [0.5, 0.6) is 5.75 Å². The standard InChI is InChI=1S/C25H28N4O5/c1-16-14-21(30)26-19-6-4-5-7-20(19)29(16)22(31)15-28-23(32)25(2,27-24(28)33)13-12-17-8-10-18(34-3)11-9-17/h4-11,16H,12-15H2,1-3H3,(H,26,30)(H,27,33)/t16-,25-/m1/s1. The summed E-state index contributed by atoms with van der Waals surface area (Å²) in [6, 6.07) is 13.5. The van der Waals surface area contributed by atoms with Gasteiger partial charge in [-0.25, -0.2) is 4.79 Å². The number of carbonyl (C=O) groups excluding carboxylic acids is 4. The molecule has 0 radical (unpaired) electrons. The van der Waals surface area contributed by atoms with Crippen LogP contribution in [-0.2, 0) is 20.8 Å². The number of methoxy groups -OCH3 is 1. The maximum absolute atomic E-state index is 13.3. The van der Waals surface area contributed by atoms with Gasteiger partial charge in [-0.2, -0.15) is 0 Å². The van der Waals surface area contributed by atoms with Gasteiger partial charge >= 0.3 is 6.03 Å². The second-order valence-corrected chi connectivity index (χ2v) is 8.88. The maximum Gasteiger partial charge on any atom is 0.325 e. The molecule has 5 amide bonds. The molecule has 1 saturated heterocycles. The third kappa shape index (κ3) is 4.46. The number of hydrogen-bond acceptors (Lipinski definition) is 5. The van der Waals surface area contributed by atoms with Gasteiger partial charge < -0.3 is 20.3 Å². The fraction of sp³-hybridized carbons (Fsp3) is 0.360. The van der Waals surface area contributed by atoms with Crippen molar-refractivity contribution in [3.8, 4) is 5.75 Å². The van der Waals surface area contributed by atoms with Crippen LogP contribution in [0.2, 0.25) is 0 Å². The number of rotatable bonds is 6. The van der Waals surface area contributed by atoms with Crippen LogP contribution >= 0.6 is 0 Å². The molecule has 2 aromatic rings. The molecule has 2 atom stereocenters. The number of carbonyl (C=O) groups is 4. The number of hydrogen-bond donors (Lipinski definition) is 2. The van der Waals surface area contributed by atoms with Crippen molar-refractivity contribution in [2.45, 2.75) is 44.7 Å². The van der Waals surface area contributed by atoms with E-state index in [-0.39, 0.29) is 12.3 Å². The molecule has 178 valence electrons. The minimum atomic E-state index is -1.11. The minimum absolute atomic E-state index is 0.111. The van der Waals surface area contributed by atoms with E-state index in [9.17, 15) is 19.2 Å². The number of aryl methyl sites for hydroxylation is 1.